The van der Waals surface area contributed by atoms with Gasteiger partial charge in [0.2, 0.25) is 0 Å². The van der Waals surface area contributed by atoms with E-state index < -0.39 is 0 Å². The molecule has 3 nitrogen and oxygen atoms in total. The van der Waals surface area contributed by atoms with E-state index in [0.29, 0.717) is 16.7 Å². The minimum atomic E-state index is 0.500. The van der Waals surface area contributed by atoms with Crippen molar-refractivity contribution in [1.82, 2.24) is 14.8 Å². The van der Waals surface area contributed by atoms with Crippen LogP contribution in [0.5, 0.6) is 0 Å². The third-order valence-electron chi connectivity index (χ3n) is 2.68. The van der Waals surface area contributed by atoms with Gasteiger partial charge in [-0.15, -0.1) is 0 Å². The Morgan fingerprint density at radius 3 is 2.78 bits per heavy atom. The highest BCUT2D eigenvalue weighted by Crippen LogP contribution is 2.21. The molecule has 1 aromatic carbocycles. The highest BCUT2D eigenvalue weighted by molar-refractivity contribution is 6.30. The van der Waals surface area contributed by atoms with Crippen LogP contribution in [0.15, 0.2) is 42.7 Å². The van der Waals surface area contributed by atoms with Crippen molar-refractivity contribution in [3.05, 3.63) is 58.5 Å². The highest BCUT2D eigenvalue weighted by Gasteiger charge is 2.06. The minimum Gasteiger partial charge on any atom is -0.267 e. The van der Waals surface area contributed by atoms with Crippen molar-refractivity contribution in [2.24, 2.45) is 0 Å². The molecule has 3 aromatic rings. The normalized spacial score (nSPS) is 11.0. The summed E-state index contributed by atoms with van der Waals surface area (Å²) in [4.78, 5) is 4.37. The summed E-state index contributed by atoms with van der Waals surface area (Å²) < 4.78 is 1.74. The van der Waals surface area contributed by atoms with E-state index in [1.54, 1.807) is 17.1 Å². The first-order valence-electron chi connectivity index (χ1n) is 5.44. The van der Waals surface area contributed by atoms with Crippen LogP contribution >= 0.6 is 23.2 Å². The summed E-state index contributed by atoms with van der Waals surface area (Å²) in [5.41, 5.74) is 1.82. The Morgan fingerprint density at radius 1 is 1.17 bits per heavy atom. The predicted molar refractivity (Wildman–Crippen MR) is 73.1 cm³/mol. The molecule has 0 radical (unpaired) electrons. The summed E-state index contributed by atoms with van der Waals surface area (Å²) in [6.45, 7) is 0.559. The molecule has 90 valence electrons. The number of hydrogen-bond acceptors (Lipinski definition) is 2. The number of pyridine rings is 1. The maximum absolute atomic E-state index is 6.17. The lowest BCUT2D eigenvalue weighted by Gasteiger charge is -2.06. The molecular weight excluding hydrogens is 269 g/mol. The van der Waals surface area contributed by atoms with Gasteiger partial charge in [-0.1, -0.05) is 41.4 Å². The molecule has 0 N–H and O–H groups in total. The maximum atomic E-state index is 6.17. The molecule has 2 heterocycles. The van der Waals surface area contributed by atoms with Gasteiger partial charge in [-0.3, -0.25) is 4.68 Å². The fourth-order valence-corrected chi connectivity index (χ4v) is 2.21. The summed E-state index contributed by atoms with van der Waals surface area (Å²) in [7, 11) is 0. The van der Waals surface area contributed by atoms with Crippen LogP contribution in [-0.4, -0.2) is 14.8 Å². The van der Waals surface area contributed by atoms with E-state index >= 15 is 0 Å². The predicted octanol–water partition coefficient (Wildman–Crippen LogP) is 3.79. The van der Waals surface area contributed by atoms with Gasteiger partial charge in [0.05, 0.1) is 23.3 Å². The number of fused-ring (bicyclic) bond motifs is 1. The Morgan fingerprint density at radius 2 is 2.00 bits per heavy atom. The molecule has 0 spiro atoms. The Bertz CT molecular complexity index is 706. The second kappa shape index (κ2) is 4.59. The van der Waals surface area contributed by atoms with Crippen molar-refractivity contribution in [1.29, 1.82) is 0 Å². The number of para-hydroxylation sites is 1. The molecule has 0 bridgehead atoms. The molecule has 0 atom stereocenters. The molecule has 0 fully saturated rings. The van der Waals surface area contributed by atoms with Gasteiger partial charge in [0.15, 0.2) is 0 Å². The quantitative estimate of drug-likeness (QED) is 0.668. The number of aromatic nitrogens is 3. The Labute approximate surface area is 114 Å². The van der Waals surface area contributed by atoms with Crippen molar-refractivity contribution < 1.29 is 0 Å². The third kappa shape index (κ3) is 2.19. The van der Waals surface area contributed by atoms with Crippen molar-refractivity contribution >= 4 is 34.1 Å². The zero-order valence-corrected chi connectivity index (χ0v) is 10.9. The zero-order chi connectivity index (χ0) is 12.5. The topological polar surface area (TPSA) is 30.7 Å². The van der Waals surface area contributed by atoms with Crippen LogP contribution in [0, 0.1) is 0 Å². The summed E-state index contributed by atoms with van der Waals surface area (Å²) in [5.74, 6) is 0. The van der Waals surface area contributed by atoms with E-state index in [1.165, 1.54) is 0 Å². The maximum Gasteiger partial charge on any atom is 0.134 e. The average molecular weight is 278 g/mol. The summed E-state index contributed by atoms with van der Waals surface area (Å²) >= 11 is 12.0. The first kappa shape index (κ1) is 11.5. The Kier molecular flexibility index (Phi) is 2.94. The fourth-order valence-electron chi connectivity index (χ4n) is 1.85. The van der Waals surface area contributed by atoms with E-state index in [4.69, 9.17) is 23.2 Å². The molecular formula is C13H9Cl2N3. The van der Waals surface area contributed by atoms with Crippen molar-refractivity contribution in [2.45, 2.75) is 6.54 Å². The molecule has 18 heavy (non-hydrogen) atoms. The van der Waals surface area contributed by atoms with Gasteiger partial charge < -0.3 is 0 Å². The molecule has 3 rings (SSSR count). The van der Waals surface area contributed by atoms with Crippen LogP contribution in [0.3, 0.4) is 0 Å². The molecule has 0 aliphatic rings. The smallest absolute Gasteiger partial charge is 0.134 e. The molecule has 0 unspecified atom stereocenters. The third-order valence-corrected chi connectivity index (χ3v) is 3.21. The van der Waals surface area contributed by atoms with Crippen LogP contribution < -0.4 is 0 Å². The Hall–Kier alpha value is -1.58. The second-order valence-corrected chi connectivity index (χ2v) is 4.78. The van der Waals surface area contributed by atoms with Gasteiger partial charge in [0.1, 0.15) is 5.15 Å². The lowest BCUT2D eigenvalue weighted by molar-refractivity contribution is 0.686. The molecule has 0 amide bonds. The van der Waals surface area contributed by atoms with Crippen molar-refractivity contribution in [3.8, 4) is 0 Å². The van der Waals surface area contributed by atoms with Crippen LogP contribution in [0.25, 0.3) is 10.9 Å². The fraction of sp³-hybridized carbons (Fsp3) is 0.0769. The number of rotatable bonds is 2. The molecule has 0 aliphatic carbocycles. The molecule has 2 aromatic heterocycles. The van der Waals surface area contributed by atoms with Gasteiger partial charge in [-0.2, -0.15) is 5.10 Å². The highest BCUT2D eigenvalue weighted by atomic mass is 35.5. The van der Waals surface area contributed by atoms with Crippen molar-refractivity contribution in [3.63, 3.8) is 0 Å². The molecule has 0 aliphatic heterocycles. The van der Waals surface area contributed by atoms with Gasteiger partial charge in [0.25, 0.3) is 0 Å². The molecule has 5 heteroatoms. The van der Waals surface area contributed by atoms with Gasteiger partial charge in [-0.25, -0.2) is 4.98 Å². The summed E-state index contributed by atoms with van der Waals surface area (Å²) in [6, 6.07) is 9.90. The standard InChI is InChI=1S/C13H9Cl2N3/c14-11-6-16-18(8-11)7-10-5-9-3-1-2-4-12(9)17-13(10)15/h1-6,8H,7H2. The molecule has 0 saturated heterocycles. The lowest BCUT2D eigenvalue weighted by Crippen LogP contribution is -2.01. The summed E-state index contributed by atoms with van der Waals surface area (Å²) in [6.07, 6.45) is 3.36. The van der Waals surface area contributed by atoms with E-state index in [0.717, 1.165) is 16.5 Å². The minimum absolute atomic E-state index is 0.500. The van der Waals surface area contributed by atoms with Gasteiger partial charge in [-0.05, 0) is 12.1 Å². The summed E-state index contributed by atoms with van der Waals surface area (Å²) in [5, 5.41) is 6.31. The van der Waals surface area contributed by atoms with E-state index in [-0.39, 0.29) is 0 Å². The first-order chi connectivity index (χ1) is 8.72. The zero-order valence-electron chi connectivity index (χ0n) is 9.35. The first-order valence-corrected chi connectivity index (χ1v) is 6.20. The van der Waals surface area contributed by atoms with Gasteiger partial charge in [0, 0.05) is 17.1 Å². The van der Waals surface area contributed by atoms with Gasteiger partial charge >= 0.3 is 0 Å². The van der Waals surface area contributed by atoms with Crippen LogP contribution in [0.2, 0.25) is 10.2 Å². The lowest BCUT2D eigenvalue weighted by atomic mass is 10.1. The Balaban J connectivity index is 2.03. The average Bonchev–Trinajstić information content (AvgIpc) is 2.76. The number of halogens is 2. The number of hydrogen-bond donors (Lipinski definition) is 0. The molecule has 0 saturated carbocycles. The van der Waals surface area contributed by atoms with E-state index in [1.807, 2.05) is 30.3 Å². The SMILES string of the molecule is Clc1cnn(Cc2cc3ccccc3nc2Cl)c1. The monoisotopic (exact) mass is 277 g/mol. The van der Waals surface area contributed by atoms with Crippen LogP contribution in [0.4, 0.5) is 0 Å². The number of nitrogens with zero attached hydrogens (tertiary/aromatic N) is 3. The largest absolute Gasteiger partial charge is 0.267 e. The second-order valence-electron chi connectivity index (χ2n) is 3.99. The van der Waals surface area contributed by atoms with Crippen LogP contribution in [0.1, 0.15) is 5.56 Å². The number of benzene rings is 1. The van der Waals surface area contributed by atoms with E-state index in [9.17, 15) is 0 Å². The van der Waals surface area contributed by atoms with E-state index in [2.05, 4.69) is 10.1 Å². The van der Waals surface area contributed by atoms with Crippen molar-refractivity contribution in [2.75, 3.05) is 0 Å². The van der Waals surface area contributed by atoms with Crippen LogP contribution in [-0.2, 0) is 6.54 Å².